The zero-order valence-corrected chi connectivity index (χ0v) is 16.9. The Balaban J connectivity index is 1.39. The number of benzene rings is 1. The van der Waals surface area contributed by atoms with Crippen LogP contribution in [0.25, 0.3) is 11.6 Å². The highest BCUT2D eigenvalue weighted by molar-refractivity contribution is 6.00. The molecule has 11 nitrogen and oxygen atoms in total. The van der Waals surface area contributed by atoms with E-state index in [2.05, 4.69) is 25.3 Å². The molecule has 0 saturated carbocycles. The number of aromatic nitrogens is 5. The molecule has 0 aliphatic carbocycles. The summed E-state index contributed by atoms with van der Waals surface area (Å²) in [6, 6.07) is 6.87. The second-order valence-electron chi connectivity index (χ2n) is 7.26. The van der Waals surface area contributed by atoms with Gasteiger partial charge in [0, 0.05) is 25.1 Å². The molecule has 1 aliphatic heterocycles. The van der Waals surface area contributed by atoms with Gasteiger partial charge in [-0.1, -0.05) is 17.3 Å². The lowest BCUT2D eigenvalue weighted by Crippen LogP contribution is -2.36. The van der Waals surface area contributed by atoms with Gasteiger partial charge in [0.2, 0.25) is 11.6 Å². The van der Waals surface area contributed by atoms with Gasteiger partial charge in [-0.15, -0.1) is 23.4 Å². The molecule has 174 valence electrons. The molecule has 2 aromatic heterocycles. The van der Waals surface area contributed by atoms with Crippen molar-refractivity contribution in [2.24, 2.45) is 5.92 Å². The maximum atomic E-state index is 12.8. The zero-order chi connectivity index (χ0) is 23.6. The van der Waals surface area contributed by atoms with Crippen molar-refractivity contribution in [1.82, 2.24) is 25.4 Å². The average molecular weight is 466 g/mol. The van der Waals surface area contributed by atoms with Crippen molar-refractivity contribution >= 4 is 17.6 Å². The first-order valence-corrected chi connectivity index (χ1v) is 9.80. The van der Waals surface area contributed by atoms with Crippen molar-refractivity contribution in [2.45, 2.75) is 25.7 Å². The van der Waals surface area contributed by atoms with Gasteiger partial charge in [0.25, 0.3) is 0 Å². The van der Waals surface area contributed by atoms with E-state index >= 15 is 0 Å². The highest BCUT2D eigenvalue weighted by Crippen LogP contribution is 2.32. The number of hydrogen-bond acceptors (Lipinski definition) is 9. The summed E-state index contributed by atoms with van der Waals surface area (Å²) >= 11 is 0. The molecule has 3 aromatic rings. The molecule has 0 unspecified atom stereocenters. The molecule has 0 spiro atoms. The third kappa shape index (κ3) is 5.27. The van der Waals surface area contributed by atoms with E-state index in [-0.39, 0.29) is 17.1 Å². The van der Waals surface area contributed by atoms with Crippen LogP contribution in [0, 0.1) is 5.92 Å². The van der Waals surface area contributed by atoms with Crippen molar-refractivity contribution in [3.05, 3.63) is 35.9 Å². The van der Waals surface area contributed by atoms with E-state index in [9.17, 15) is 22.8 Å². The molecule has 0 amide bonds. The third-order valence-corrected chi connectivity index (χ3v) is 5.02. The van der Waals surface area contributed by atoms with Gasteiger partial charge in [-0.3, -0.25) is 9.59 Å². The summed E-state index contributed by atoms with van der Waals surface area (Å²) in [7, 11) is 0. The number of piperidine rings is 1. The SMILES string of the molecule is O=C(O)Cn1nnc(-c2cc(N3CCC(C(=O)c4ccccc4OC(F)(F)F)CC3)no2)n1. The lowest BCUT2D eigenvalue weighted by molar-refractivity contribution is -0.274. The molecule has 3 heterocycles. The van der Waals surface area contributed by atoms with E-state index < -0.39 is 36.3 Å². The van der Waals surface area contributed by atoms with Crippen LogP contribution in [0.4, 0.5) is 19.0 Å². The first-order chi connectivity index (χ1) is 15.7. The molecule has 4 rings (SSSR count). The van der Waals surface area contributed by atoms with E-state index in [0.29, 0.717) is 31.7 Å². The van der Waals surface area contributed by atoms with Gasteiger partial charge >= 0.3 is 12.3 Å². The van der Waals surface area contributed by atoms with Crippen molar-refractivity contribution in [1.29, 1.82) is 0 Å². The quantitative estimate of drug-likeness (QED) is 0.517. The Labute approximate surface area is 183 Å². The normalized spacial score (nSPS) is 14.9. The van der Waals surface area contributed by atoms with E-state index in [1.165, 1.54) is 18.2 Å². The van der Waals surface area contributed by atoms with Crippen molar-refractivity contribution < 1.29 is 37.1 Å². The number of halogens is 3. The minimum atomic E-state index is -4.89. The number of aliphatic carboxylic acids is 1. The van der Waals surface area contributed by atoms with Crippen LogP contribution in [-0.4, -0.2) is 61.7 Å². The number of Topliss-reactive ketones (excluding diaryl/α,β-unsaturated/α-hetero) is 1. The Bertz CT molecular complexity index is 1150. The minimum absolute atomic E-state index is 0.0707. The fourth-order valence-electron chi connectivity index (χ4n) is 3.52. The number of tetrazole rings is 1. The lowest BCUT2D eigenvalue weighted by Gasteiger charge is -2.31. The number of carbonyl (C=O) groups excluding carboxylic acids is 1. The van der Waals surface area contributed by atoms with Crippen LogP contribution < -0.4 is 9.64 Å². The summed E-state index contributed by atoms with van der Waals surface area (Å²) < 4.78 is 47.2. The summed E-state index contributed by atoms with van der Waals surface area (Å²) in [5, 5.41) is 24.0. The van der Waals surface area contributed by atoms with Gasteiger partial charge < -0.3 is 19.3 Å². The van der Waals surface area contributed by atoms with Crippen molar-refractivity contribution in [3.63, 3.8) is 0 Å². The fourth-order valence-corrected chi connectivity index (χ4v) is 3.52. The van der Waals surface area contributed by atoms with Crippen LogP contribution in [0.3, 0.4) is 0 Å². The Morgan fingerprint density at radius 2 is 1.94 bits per heavy atom. The van der Waals surface area contributed by atoms with Gasteiger partial charge in [0.05, 0.1) is 5.56 Å². The van der Waals surface area contributed by atoms with Crippen molar-refractivity contribution in [2.75, 3.05) is 18.0 Å². The number of hydrogen-bond donors (Lipinski definition) is 1. The molecule has 1 N–H and O–H groups in total. The van der Waals surface area contributed by atoms with E-state index in [1.54, 1.807) is 6.07 Å². The van der Waals surface area contributed by atoms with Gasteiger partial charge in [-0.25, -0.2) is 0 Å². The predicted octanol–water partition coefficient (Wildman–Crippen LogP) is 2.41. The number of carboxylic acids is 1. The monoisotopic (exact) mass is 466 g/mol. The second kappa shape index (κ2) is 8.88. The van der Waals surface area contributed by atoms with Crippen LogP contribution >= 0.6 is 0 Å². The molecule has 1 aliphatic rings. The number of para-hydroxylation sites is 1. The molecule has 14 heteroatoms. The molecular weight excluding hydrogens is 449 g/mol. The lowest BCUT2D eigenvalue weighted by atomic mass is 9.88. The van der Waals surface area contributed by atoms with E-state index in [1.807, 2.05) is 4.90 Å². The van der Waals surface area contributed by atoms with Crippen LogP contribution in [0.15, 0.2) is 34.9 Å². The second-order valence-corrected chi connectivity index (χ2v) is 7.26. The predicted molar refractivity (Wildman–Crippen MR) is 103 cm³/mol. The van der Waals surface area contributed by atoms with Crippen molar-refractivity contribution in [3.8, 4) is 17.3 Å². The first-order valence-electron chi connectivity index (χ1n) is 9.80. The molecule has 0 atom stereocenters. The fraction of sp³-hybridized carbons (Fsp3) is 0.368. The summed E-state index contributed by atoms with van der Waals surface area (Å²) in [6.45, 7) is 0.389. The largest absolute Gasteiger partial charge is 0.573 e. The Morgan fingerprint density at radius 1 is 1.21 bits per heavy atom. The molecule has 33 heavy (non-hydrogen) atoms. The number of carboxylic acid groups (broad SMARTS) is 1. The minimum Gasteiger partial charge on any atom is -0.480 e. The average Bonchev–Trinajstić information content (AvgIpc) is 3.42. The maximum Gasteiger partial charge on any atom is 0.573 e. The highest BCUT2D eigenvalue weighted by atomic mass is 19.4. The topological polar surface area (TPSA) is 136 Å². The summed E-state index contributed by atoms with van der Waals surface area (Å²) in [6.07, 6.45) is -4.10. The summed E-state index contributed by atoms with van der Waals surface area (Å²) in [5.41, 5.74) is -0.104. The van der Waals surface area contributed by atoms with Gasteiger partial charge in [-0.2, -0.15) is 4.80 Å². The van der Waals surface area contributed by atoms with Gasteiger partial charge in [0.1, 0.15) is 5.75 Å². The van der Waals surface area contributed by atoms with Gasteiger partial charge in [0.15, 0.2) is 18.1 Å². The Kier molecular flexibility index (Phi) is 5.98. The number of carbonyl (C=O) groups is 2. The molecule has 1 fully saturated rings. The smallest absolute Gasteiger partial charge is 0.480 e. The molecule has 1 saturated heterocycles. The number of alkyl halides is 3. The zero-order valence-electron chi connectivity index (χ0n) is 16.9. The molecule has 0 radical (unpaired) electrons. The molecular formula is C19H17F3N6O5. The first kappa shape index (κ1) is 22.2. The third-order valence-electron chi connectivity index (χ3n) is 5.02. The van der Waals surface area contributed by atoms with E-state index in [4.69, 9.17) is 9.63 Å². The maximum absolute atomic E-state index is 12.8. The standard InChI is InChI=1S/C19H17F3N6O5/c20-19(21,22)32-13-4-2-1-3-12(13)17(31)11-5-7-27(8-6-11)15-9-14(33-25-15)18-23-26-28(24-18)10-16(29)30/h1-4,9,11H,5-8,10H2,(H,29,30). The highest BCUT2D eigenvalue weighted by Gasteiger charge is 2.34. The summed E-state index contributed by atoms with van der Waals surface area (Å²) in [4.78, 5) is 26.3. The number of ether oxygens (including phenoxy) is 1. The van der Waals surface area contributed by atoms with Crippen LogP contribution in [0.1, 0.15) is 23.2 Å². The van der Waals surface area contributed by atoms with E-state index in [0.717, 1.165) is 10.9 Å². The number of anilines is 1. The number of nitrogens with zero attached hydrogens (tertiary/aromatic N) is 6. The summed E-state index contributed by atoms with van der Waals surface area (Å²) in [5.74, 6) is -1.78. The molecule has 1 aromatic carbocycles. The number of rotatable bonds is 7. The number of ketones is 1. The van der Waals surface area contributed by atoms with Crippen LogP contribution in [0.2, 0.25) is 0 Å². The molecule has 0 bridgehead atoms. The van der Waals surface area contributed by atoms with Crippen LogP contribution in [0.5, 0.6) is 5.75 Å². The van der Waals surface area contributed by atoms with Gasteiger partial charge in [-0.05, 0) is 30.2 Å². The Hall–Kier alpha value is -3.97. The Morgan fingerprint density at radius 3 is 2.64 bits per heavy atom. The van der Waals surface area contributed by atoms with Crippen LogP contribution in [-0.2, 0) is 11.3 Å².